The van der Waals surface area contributed by atoms with E-state index in [1.54, 1.807) is 6.92 Å². The zero-order chi connectivity index (χ0) is 9.56. The molecule has 0 spiro atoms. The van der Waals surface area contributed by atoms with Gasteiger partial charge in [-0.1, -0.05) is 20.4 Å². The van der Waals surface area contributed by atoms with Gasteiger partial charge in [0.05, 0.1) is 0 Å². The molecule has 68 valence electrons. The Labute approximate surface area is 73.1 Å². The molecule has 0 heterocycles. The summed E-state index contributed by atoms with van der Waals surface area (Å²) in [7, 11) is 0. The molecule has 0 fully saturated rings. The van der Waals surface area contributed by atoms with E-state index in [0.29, 0.717) is 13.0 Å². The number of carbonyl (C=O) groups excluding carboxylic acids is 2. The molecule has 3 nitrogen and oxygen atoms in total. The minimum Gasteiger partial charge on any atom is -0.279 e. The van der Waals surface area contributed by atoms with Crippen LogP contribution in [-0.4, -0.2) is 23.3 Å². The van der Waals surface area contributed by atoms with Gasteiger partial charge in [0.15, 0.2) is 0 Å². The maximum absolute atomic E-state index is 11.2. The van der Waals surface area contributed by atoms with E-state index in [4.69, 9.17) is 0 Å². The van der Waals surface area contributed by atoms with Crippen molar-refractivity contribution in [3.05, 3.63) is 12.7 Å². The third kappa shape index (κ3) is 2.86. The fourth-order valence-corrected chi connectivity index (χ4v) is 0.882. The molecule has 0 N–H and O–H groups in total. The lowest BCUT2D eigenvalue weighted by Crippen LogP contribution is -2.35. The van der Waals surface area contributed by atoms with Crippen LogP contribution in [0, 0.1) is 0 Å². The van der Waals surface area contributed by atoms with Crippen LogP contribution in [0.25, 0.3) is 0 Å². The summed E-state index contributed by atoms with van der Waals surface area (Å²) in [5.74, 6) is -0.439. The Hall–Kier alpha value is -1.12. The highest BCUT2D eigenvalue weighted by Gasteiger charge is 2.15. The summed E-state index contributed by atoms with van der Waals surface area (Å²) in [5.41, 5.74) is 0. The van der Waals surface area contributed by atoms with Gasteiger partial charge in [0.1, 0.15) is 0 Å². The summed E-state index contributed by atoms with van der Waals surface area (Å²) in [6.45, 7) is 7.48. The van der Waals surface area contributed by atoms with E-state index in [1.165, 1.54) is 11.0 Å². The first-order valence-corrected chi connectivity index (χ1v) is 4.14. The Balaban J connectivity index is 4.31. The molecule has 0 aromatic carbocycles. The third-order valence-corrected chi connectivity index (χ3v) is 1.49. The van der Waals surface area contributed by atoms with Gasteiger partial charge < -0.3 is 0 Å². The molecule has 0 saturated heterocycles. The number of imide groups is 1. The quantitative estimate of drug-likeness (QED) is 0.596. The average Bonchev–Trinajstić information content (AvgIpc) is 2.11. The van der Waals surface area contributed by atoms with Crippen molar-refractivity contribution in [2.24, 2.45) is 0 Å². The van der Waals surface area contributed by atoms with E-state index in [2.05, 4.69) is 6.58 Å². The molecule has 0 aromatic heterocycles. The second kappa shape index (κ2) is 5.52. The van der Waals surface area contributed by atoms with E-state index >= 15 is 0 Å². The van der Waals surface area contributed by atoms with Crippen molar-refractivity contribution in [2.45, 2.75) is 26.7 Å². The van der Waals surface area contributed by atoms with Gasteiger partial charge in [-0.3, -0.25) is 14.5 Å². The molecule has 0 aliphatic carbocycles. The highest BCUT2D eigenvalue weighted by atomic mass is 16.2. The number of hydrogen-bond donors (Lipinski definition) is 0. The van der Waals surface area contributed by atoms with Gasteiger partial charge in [0, 0.05) is 13.0 Å². The van der Waals surface area contributed by atoms with Crippen LogP contribution >= 0.6 is 0 Å². The SMILES string of the molecule is C=CC(=O)N(CCC)C(=O)CC. The highest BCUT2D eigenvalue weighted by molar-refractivity contribution is 6.00. The molecular weight excluding hydrogens is 154 g/mol. The van der Waals surface area contributed by atoms with Crippen LogP contribution in [0.4, 0.5) is 0 Å². The van der Waals surface area contributed by atoms with Crippen LogP contribution in [0.1, 0.15) is 26.7 Å². The minimum atomic E-state index is -0.302. The lowest BCUT2D eigenvalue weighted by Gasteiger charge is -2.16. The smallest absolute Gasteiger partial charge is 0.252 e. The number of carbonyl (C=O) groups is 2. The number of hydrogen-bond acceptors (Lipinski definition) is 2. The Morgan fingerprint density at radius 3 is 2.33 bits per heavy atom. The second-order valence-electron chi connectivity index (χ2n) is 2.44. The summed E-state index contributed by atoms with van der Waals surface area (Å²) >= 11 is 0. The lowest BCUT2D eigenvalue weighted by atomic mass is 10.3. The number of nitrogens with zero attached hydrogens (tertiary/aromatic N) is 1. The number of amides is 2. The average molecular weight is 169 g/mol. The number of rotatable bonds is 4. The van der Waals surface area contributed by atoms with Crippen molar-refractivity contribution >= 4 is 11.8 Å². The predicted molar refractivity (Wildman–Crippen MR) is 47.5 cm³/mol. The summed E-state index contributed by atoms with van der Waals surface area (Å²) in [4.78, 5) is 23.5. The molecule has 0 aromatic rings. The van der Waals surface area contributed by atoms with Crippen molar-refractivity contribution in [3.63, 3.8) is 0 Å². The summed E-state index contributed by atoms with van der Waals surface area (Å²) in [6.07, 6.45) is 2.31. The van der Waals surface area contributed by atoms with Crippen LogP contribution in [-0.2, 0) is 9.59 Å². The summed E-state index contributed by atoms with van der Waals surface area (Å²) < 4.78 is 0. The van der Waals surface area contributed by atoms with Gasteiger partial charge in [-0.25, -0.2) is 0 Å². The molecule has 3 heteroatoms. The van der Waals surface area contributed by atoms with Gasteiger partial charge >= 0.3 is 0 Å². The Kier molecular flexibility index (Phi) is 5.00. The van der Waals surface area contributed by atoms with Crippen molar-refractivity contribution in [2.75, 3.05) is 6.54 Å². The van der Waals surface area contributed by atoms with E-state index in [0.717, 1.165) is 6.42 Å². The third-order valence-electron chi connectivity index (χ3n) is 1.49. The van der Waals surface area contributed by atoms with Crippen molar-refractivity contribution in [1.29, 1.82) is 0 Å². The van der Waals surface area contributed by atoms with E-state index < -0.39 is 0 Å². The molecule has 0 aliphatic heterocycles. The van der Waals surface area contributed by atoms with Gasteiger partial charge in [-0.2, -0.15) is 0 Å². The summed E-state index contributed by atoms with van der Waals surface area (Å²) in [6, 6.07) is 0. The molecule has 0 radical (unpaired) electrons. The van der Waals surface area contributed by atoms with Crippen LogP contribution < -0.4 is 0 Å². The molecule has 2 amide bonds. The van der Waals surface area contributed by atoms with Crippen LogP contribution in [0.15, 0.2) is 12.7 Å². The Bertz CT molecular complexity index is 187. The first-order valence-electron chi connectivity index (χ1n) is 4.14. The zero-order valence-electron chi connectivity index (χ0n) is 7.67. The van der Waals surface area contributed by atoms with E-state index in [9.17, 15) is 9.59 Å². The van der Waals surface area contributed by atoms with Crippen molar-refractivity contribution in [3.8, 4) is 0 Å². The van der Waals surface area contributed by atoms with Gasteiger partial charge in [0.25, 0.3) is 5.91 Å². The standard InChI is InChI=1S/C9H15NO2/c1-4-7-10(8(11)5-2)9(12)6-3/h5H,2,4,6-7H2,1,3H3. The topological polar surface area (TPSA) is 37.4 Å². The molecule has 0 atom stereocenters. The fraction of sp³-hybridized carbons (Fsp3) is 0.556. The molecule has 0 unspecified atom stereocenters. The maximum Gasteiger partial charge on any atom is 0.252 e. The van der Waals surface area contributed by atoms with Gasteiger partial charge in [-0.05, 0) is 12.5 Å². The Morgan fingerprint density at radius 2 is 2.00 bits per heavy atom. The maximum atomic E-state index is 11.2. The molecule has 0 rings (SSSR count). The molecule has 0 saturated carbocycles. The molecule has 0 bridgehead atoms. The lowest BCUT2D eigenvalue weighted by molar-refractivity contribution is -0.141. The zero-order valence-corrected chi connectivity index (χ0v) is 7.67. The highest BCUT2D eigenvalue weighted by Crippen LogP contribution is 1.97. The summed E-state index contributed by atoms with van der Waals surface area (Å²) in [5, 5.41) is 0. The fourth-order valence-electron chi connectivity index (χ4n) is 0.882. The predicted octanol–water partition coefficient (Wildman–Crippen LogP) is 1.35. The van der Waals surface area contributed by atoms with E-state index in [-0.39, 0.29) is 11.8 Å². The van der Waals surface area contributed by atoms with Crippen LogP contribution in [0.2, 0.25) is 0 Å². The van der Waals surface area contributed by atoms with Gasteiger partial charge in [0.2, 0.25) is 5.91 Å². The van der Waals surface area contributed by atoms with Crippen molar-refractivity contribution in [1.82, 2.24) is 4.90 Å². The molecule has 12 heavy (non-hydrogen) atoms. The first kappa shape index (κ1) is 10.9. The second-order valence-corrected chi connectivity index (χ2v) is 2.44. The van der Waals surface area contributed by atoms with Crippen molar-refractivity contribution < 1.29 is 9.59 Å². The van der Waals surface area contributed by atoms with Crippen LogP contribution in [0.5, 0.6) is 0 Å². The molecule has 0 aliphatic rings. The largest absolute Gasteiger partial charge is 0.279 e. The minimum absolute atomic E-state index is 0.137. The van der Waals surface area contributed by atoms with Gasteiger partial charge in [-0.15, -0.1) is 0 Å². The monoisotopic (exact) mass is 169 g/mol. The van der Waals surface area contributed by atoms with Crippen LogP contribution in [0.3, 0.4) is 0 Å². The first-order chi connectivity index (χ1) is 5.67. The Morgan fingerprint density at radius 1 is 1.42 bits per heavy atom. The normalized spacial score (nSPS) is 9.17. The van der Waals surface area contributed by atoms with E-state index in [1.807, 2.05) is 6.92 Å². The molecular formula is C9H15NO2.